The number of nitrogens with zero attached hydrogens (tertiary/aromatic N) is 2. The Morgan fingerprint density at radius 1 is 1.26 bits per heavy atom. The molecule has 2 heterocycles. The van der Waals surface area contributed by atoms with E-state index in [2.05, 4.69) is 39.8 Å². The van der Waals surface area contributed by atoms with E-state index in [-0.39, 0.29) is 6.10 Å². The number of hydrogen-bond donors (Lipinski definition) is 1. The van der Waals surface area contributed by atoms with Crippen LogP contribution in [0.5, 0.6) is 0 Å². The van der Waals surface area contributed by atoms with Crippen LogP contribution in [-0.4, -0.2) is 29.9 Å². The van der Waals surface area contributed by atoms with Gasteiger partial charge in [0.05, 0.1) is 12.7 Å². The molecule has 3 rings (SSSR count). The van der Waals surface area contributed by atoms with Gasteiger partial charge in [0, 0.05) is 24.2 Å². The van der Waals surface area contributed by atoms with Crippen molar-refractivity contribution in [3.05, 3.63) is 48.2 Å². The van der Waals surface area contributed by atoms with Crippen LogP contribution in [0.15, 0.2) is 52.5 Å². The van der Waals surface area contributed by atoms with Crippen LogP contribution in [0.1, 0.15) is 11.7 Å². The van der Waals surface area contributed by atoms with Gasteiger partial charge in [0.2, 0.25) is 0 Å². The number of aromatic nitrogens is 2. The smallest absolute Gasteiger partial charge is 0.124 e. The monoisotopic (exact) mass is 273 g/mol. The van der Waals surface area contributed by atoms with Crippen LogP contribution in [0.2, 0.25) is 0 Å². The van der Waals surface area contributed by atoms with Crippen molar-refractivity contribution in [1.29, 1.82) is 0 Å². The van der Waals surface area contributed by atoms with E-state index in [1.807, 2.05) is 12.1 Å². The Labute approximate surface area is 116 Å². The SMILES string of the molecule is c1cc(Sc2cccnn2)cc(C2CNCCO2)c1. The molecule has 1 aromatic carbocycles. The van der Waals surface area contributed by atoms with Crippen molar-refractivity contribution in [2.45, 2.75) is 16.0 Å². The predicted molar refractivity (Wildman–Crippen MR) is 74.2 cm³/mol. The summed E-state index contributed by atoms with van der Waals surface area (Å²) < 4.78 is 5.77. The third kappa shape index (κ3) is 3.32. The van der Waals surface area contributed by atoms with Gasteiger partial charge in [-0.15, -0.1) is 5.10 Å². The van der Waals surface area contributed by atoms with Crippen molar-refractivity contribution in [2.24, 2.45) is 0 Å². The number of rotatable bonds is 3. The summed E-state index contributed by atoms with van der Waals surface area (Å²) in [4.78, 5) is 1.16. The summed E-state index contributed by atoms with van der Waals surface area (Å²) in [5.74, 6) is 0. The first-order chi connectivity index (χ1) is 9.42. The van der Waals surface area contributed by atoms with E-state index in [9.17, 15) is 0 Å². The lowest BCUT2D eigenvalue weighted by Crippen LogP contribution is -2.33. The predicted octanol–water partition coefficient (Wildman–Crippen LogP) is 2.29. The Balaban J connectivity index is 1.76. The zero-order valence-electron chi connectivity index (χ0n) is 10.5. The van der Waals surface area contributed by atoms with Crippen molar-refractivity contribution in [3.8, 4) is 0 Å². The molecule has 1 aliphatic rings. The van der Waals surface area contributed by atoms with E-state index in [1.54, 1.807) is 18.0 Å². The minimum atomic E-state index is 0.149. The van der Waals surface area contributed by atoms with Gasteiger partial charge in [0.1, 0.15) is 5.03 Å². The third-order valence-corrected chi connectivity index (χ3v) is 3.84. The molecule has 0 bridgehead atoms. The van der Waals surface area contributed by atoms with Crippen LogP contribution in [0.3, 0.4) is 0 Å². The van der Waals surface area contributed by atoms with Crippen LogP contribution in [0.4, 0.5) is 0 Å². The maximum Gasteiger partial charge on any atom is 0.124 e. The van der Waals surface area contributed by atoms with Gasteiger partial charge in [-0.3, -0.25) is 0 Å². The molecule has 1 aliphatic heterocycles. The molecule has 19 heavy (non-hydrogen) atoms. The summed E-state index contributed by atoms with van der Waals surface area (Å²) in [5.41, 5.74) is 1.21. The zero-order chi connectivity index (χ0) is 12.9. The standard InChI is InChI=1S/C14H15N3OS/c1-3-11(13-10-15-7-8-18-13)9-12(4-1)19-14-5-2-6-16-17-14/h1-6,9,13,15H,7-8,10H2. The molecule has 98 valence electrons. The van der Waals surface area contributed by atoms with Crippen molar-refractivity contribution in [1.82, 2.24) is 15.5 Å². The Hall–Kier alpha value is -1.43. The topological polar surface area (TPSA) is 47.0 Å². The highest BCUT2D eigenvalue weighted by Crippen LogP contribution is 2.28. The maximum absolute atomic E-state index is 5.77. The molecule has 0 spiro atoms. The van der Waals surface area contributed by atoms with Gasteiger partial charge in [0.25, 0.3) is 0 Å². The average molecular weight is 273 g/mol. The fourth-order valence-corrected chi connectivity index (χ4v) is 2.84. The molecule has 1 unspecified atom stereocenters. The average Bonchev–Trinajstić information content (AvgIpc) is 2.49. The highest BCUT2D eigenvalue weighted by atomic mass is 32.2. The van der Waals surface area contributed by atoms with Crippen molar-refractivity contribution >= 4 is 11.8 Å². The molecule has 1 N–H and O–H groups in total. The second-order valence-electron chi connectivity index (χ2n) is 4.30. The number of ether oxygens (including phenoxy) is 1. The lowest BCUT2D eigenvalue weighted by molar-refractivity contribution is 0.0276. The summed E-state index contributed by atoms with van der Waals surface area (Å²) >= 11 is 1.62. The summed E-state index contributed by atoms with van der Waals surface area (Å²) in [6.07, 6.45) is 1.83. The first-order valence-electron chi connectivity index (χ1n) is 6.30. The van der Waals surface area contributed by atoms with Gasteiger partial charge < -0.3 is 10.1 Å². The lowest BCUT2D eigenvalue weighted by atomic mass is 10.1. The van der Waals surface area contributed by atoms with E-state index in [0.29, 0.717) is 0 Å². The Kier molecular flexibility index (Phi) is 4.07. The van der Waals surface area contributed by atoms with Crippen LogP contribution < -0.4 is 5.32 Å². The fraction of sp³-hybridized carbons (Fsp3) is 0.286. The quantitative estimate of drug-likeness (QED) is 0.929. The van der Waals surface area contributed by atoms with Crippen LogP contribution >= 0.6 is 11.8 Å². The number of nitrogens with one attached hydrogen (secondary N) is 1. The van der Waals surface area contributed by atoms with Gasteiger partial charge in [-0.05, 0) is 29.8 Å². The normalized spacial score (nSPS) is 19.3. The van der Waals surface area contributed by atoms with E-state index >= 15 is 0 Å². The largest absolute Gasteiger partial charge is 0.371 e. The van der Waals surface area contributed by atoms with Gasteiger partial charge in [0.15, 0.2) is 0 Å². The van der Waals surface area contributed by atoms with E-state index in [1.165, 1.54) is 5.56 Å². The molecule has 2 aromatic rings. The van der Waals surface area contributed by atoms with Crippen LogP contribution in [-0.2, 0) is 4.74 Å². The minimum Gasteiger partial charge on any atom is -0.371 e. The lowest BCUT2D eigenvalue weighted by Gasteiger charge is -2.24. The van der Waals surface area contributed by atoms with E-state index in [0.717, 1.165) is 29.6 Å². The Bertz CT molecular complexity index is 529. The van der Waals surface area contributed by atoms with Crippen molar-refractivity contribution in [3.63, 3.8) is 0 Å². The Morgan fingerprint density at radius 2 is 2.26 bits per heavy atom. The third-order valence-electron chi connectivity index (χ3n) is 2.93. The molecule has 1 atom stereocenters. The van der Waals surface area contributed by atoms with Gasteiger partial charge in [-0.2, -0.15) is 5.10 Å². The van der Waals surface area contributed by atoms with Gasteiger partial charge in [-0.1, -0.05) is 23.9 Å². The summed E-state index contributed by atoms with van der Waals surface area (Å²) in [6, 6.07) is 12.3. The summed E-state index contributed by atoms with van der Waals surface area (Å²) in [7, 11) is 0. The molecule has 5 heteroatoms. The molecule has 0 saturated carbocycles. The first kappa shape index (κ1) is 12.6. The Morgan fingerprint density at radius 3 is 3.05 bits per heavy atom. The second-order valence-corrected chi connectivity index (χ2v) is 5.39. The van der Waals surface area contributed by atoms with E-state index in [4.69, 9.17) is 4.74 Å². The number of morpholine rings is 1. The number of benzene rings is 1. The van der Waals surface area contributed by atoms with Crippen LogP contribution in [0.25, 0.3) is 0 Å². The van der Waals surface area contributed by atoms with E-state index < -0.39 is 0 Å². The molecule has 0 radical (unpaired) electrons. The molecular weight excluding hydrogens is 258 g/mol. The van der Waals surface area contributed by atoms with Gasteiger partial charge >= 0.3 is 0 Å². The zero-order valence-corrected chi connectivity index (χ0v) is 11.3. The molecule has 1 aromatic heterocycles. The highest BCUT2D eigenvalue weighted by molar-refractivity contribution is 7.99. The van der Waals surface area contributed by atoms with Crippen molar-refractivity contribution in [2.75, 3.05) is 19.7 Å². The minimum absolute atomic E-state index is 0.149. The van der Waals surface area contributed by atoms with Crippen molar-refractivity contribution < 1.29 is 4.74 Å². The summed E-state index contributed by atoms with van der Waals surface area (Å²) in [5, 5.41) is 12.2. The molecule has 4 nitrogen and oxygen atoms in total. The molecule has 0 aliphatic carbocycles. The second kappa shape index (κ2) is 6.14. The number of hydrogen-bond acceptors (Lipinski definition) is 5. The van der Waals surface area contributed by atoms with Crippen LogP contribution in [0, 0.1) is 0 Å². The van der Waals surface area contributed by atoms with Gasteiger partial charge in [-0.25, -0.2) is 0 Å². The molecule has 1 fully saturated rings. The molecular formula is C14H15N3OS. The molecule has 0 amide bonds. The maximum atomic E-state index is 5.77. The molecule has 1 saturated heterocycles. The summed E-state index contributed by atoms with van der Waals surface area (Å²) in [6.45, 7) is 2.58. The highest BCUT2D eigenvalue weighted by Gasteiger charge is 2.15. The fourth-order valence-electron chi connectivity index (χ4n) is 2.02. The first-order valence-corrected chi connectivity index (χ1v) is 7.11.